The van der Waals surface area contributed by atoms with Gasteiger partial charge in [-0.15, -0.1) is 0 Å². The van der Waals surface area contributed by atoms with Gasteiger partial charge in [0, 0.05) is 25.1 Å². The molecule has 3 rings (SSSR count). The molecule has 1 aromatic carbocycles. The highest BCUT2D eigenvalue weighted by Crippen LogP contribution is 2.29. The Bertz CT molecular complexity index is 817. The fourth-order valence-corrected chi connectivity index (χ4v) is 6.01. The lowest BCUT2D eigenvalue weighted by molar-refractivity contribution is -0.137. The monoisotopic (exact) mass is 392 g/mol. The lowest BCUT2D eigenvalue weighted by Crippen LogP contribution is -2.62. The van der Waals surface area contributed by atoms with Crippen molar-refractivity contribution >= 4 is 21.7 Å². The number of sulfone groups is 1. The number of amides is 2. The number of aryl methyl sites for hydroxylation is 1. The summed E-state index contributed by atoms with van der Waals surface area (Å²) >= 11 is 0. The number of nitrogens with zero attached hydrogens (tertiary/aromatic N) is 2. The average molecular weight is 393 g/mol. The second kappa shape index (κ2) is 7.62. The molecule has 0 radical (unpaired) electrons. The quantitative estimate of drug-likeness (QED) is 0.782. The van der Waals surface area contributed by atoms with Crippen LogP contribution in [0.3, 0.4) is 0 Å². The third kappa shape index (κ3) is 4.18. The number of hydrogen-bond acceptors (Lipinski definition) is 4. The lowest BCUT2D eigenvalue weighted by atomic mass is 10.0. The summed E-state index contributed by atoms with van der Waals surface area (Å²) in [6.45, 7) is 6.76. The van der Waals surface area contributed by atoms with Gasteiger partial charge in [0.2, 0.25) is 5.91 Å². The fourth-order valence-electron chi connectivity index (χ4n) is 4.03. The third-order valence-electron chi connectivity index (χ3n) is 5.45. The van der Waals surface area contributed by atoms with Crippen LogP contribution in [0, 0.1) is 5.92 Å². The maximum Gasteiger partial charge on any atom is 0.254 e. The van der Waals surface area contributed by atoms with Gasteiger partial charge in [0.1, 0.15) is 0 Å². The van der Waals surface area contributed by atoms with Gasteiger partial charge in [-0.05, 0) is 30.0 Å². The van der Waals surface area contributed by atoms with E-state index in [1.54, 1.807) is 21.9 Å². The average Bonchev–Trinajstić information content (AvgIpc) is 2.94. The minimum absolute atomic E-state index is 0.0171. The zero-order valence-electron chi connectivity index (χ0n) is 16.2. The van der Waals surface area contributed by atoms with Gasteiger partial charge in [-0.1, -0.05) is 32.9 Å². The Kier molecular flexibility index (Phi) is 5.60. The van der Waals surface area contributed by atoms with Crippen molar-refractivity contribution in [3.8, 4) is 0 Å². The van der Waals surface area contributed by atoms with Crippen LogP contribution < -0.4 is 0 Å². The molecule has 0 aromatic heterocycles. The van der Waals surface area contributed by atoms with E-state index in [1.807, 2.05) is 26.0 Å². The van der Waals surface area contributed by atoms with E-state index in [0.717, 1.165) is 12.0 Å². The van der Waals surface area contributed by atoms with Crippen LogP contribution in [0.1, 0.15) is 43.1 Å². The maximum atomic E-state index is 13.0. The first-order chi connectivity index (χ1) is 12.7. The van der Waals surface area contributed by atoms with Crippen molar-refractivity contribution in [3.05, 3.63) is 35.4 Å². The Labute approximate surface area is 161 Å². The maximum absolute atomic E-state index is 13.0. The first-order valence-electron chi connectivity index (χ1n) is 9.61. The Balaban J connectivity index is 1.84. The van der Waals surface area contributed by atoms with E-state index in [4.69, 9.17) is 0 Å². The Morgan fingerprint density at radius 1 is 1.04 bits per heavy atom. The number of fused-ring (bicyclic) bond motifs is 1. The second-order valence-electron chi connectivity index (χ2n) is 7.95. The highest BCUT2D eigenvalue weighted by atomic mass is 32.2. The molecule has 0 aliphatic carbocycles. The second-order valence-corrected chi connectivity index (χ2v) is 10.1. The van der Waals surface area contributed by atoms with Crippen LogP contribution in [-0.2, 0) is 21.1 Å². The van der Waals surface area contributed by atoms with Crippen LogP contribution in [-0.4, -0.2) is 66.7 Å². The number of benzene rings is 1. The largest absolute Gasteiger partial charge is 0.335 e. The molecule has 27 heavy (non-hydrogen) atoms. The van der Waals surface area contributed by atoms with Crippen molar-refractivity contribution in [2.24, 2.45) is 5.92 Å². The predicted octanol–water partition coefficient (Wildman–Crippen LogP) is 1.75. The molecule has 2 saturated heterocycles. The molecule has 6 nitrogen and oxygen atoms in total. The third-order valence-corrected chi connectivity index (χ3v) is 7.15. The molecule has 0 saturated carbocycles. The number of rotatable bonds is 4. The molecule has 0 unspecified atom stereocenters. The van der Waals surface area contributed by atoms with Crippen molar-refractivity contribution in [2.45, 2.75) is 45.7 Å². The van der Waals surface area contributed by atoms with E-state index in [0.29, 0.717) is 25.1 Å². The van der Waals surface area contributed by atoms with Crippen molar-refractivity contribution < 1.29 is 18.0 Å². The molecule has 0 spiro atoms. The van der Waals surface area contributed by atoms with Crippen LogP contribution in [0.25, 0.3) is 0 Å². The SMILES string of the molecule is CCc1ccc(C(=O)N2CCN(C(=O)CC(C)C)[C@H]3CS(=O)(=O)C[C@H]32)cc1. The molecule has 2 aliphatic heterocycles. The van der Waals surface area contributed by atoms with Gasteiger partial charge >= 0.3 is 0 Å². The van der Waals surface area contributed by atoms with E-state index in [-0.39, 0.29) is 29.2 Å². The van der Waals surface area contributed by atoms with Gasteiger partial charge < -0.3 is 9.80 Å². The van der Waals surface area contributed by atoms with Gasteiger partial charge in [-0.25, -0.2) is 8.42 Å². The summed E-state index contributed by atoms with van der Waals surface area (Å²) in [6, 6.07) is 6.56. The van der Waals surface area contributed by atoms with Crippen LogP contribution in [0.4, 0.5) is 0 Å². The fraction of sp³-hybridized carbons (Fsp3) is 0.600. The number of piperazine rings is 1. The minimum atomic E-state index is -3.27. The molecule has 0 bridgehead atoms. The van der Waals surface area contributed by atoms with Crippen molar-refractivity contribution in [3.63, 3.8) is 0 Å². The normalized spacial score (nSPS) is 24.1. The molecular weight excluding hydrogens is 364 g/mol. The van der Waals surface area contributed by atoms with Gasteiger partial charge in [0.15, 0.2) is 9.84 Å². The molecule has 148 valence electrons. The minimum Gasteiger partial charge on any atom is -0.335 e. The molecular formula is C20H28N2O4S. The molecule has 1 aromatic rings. The van der Waals surface area contributed by atoms with E-state index in [9.17, 15) is 18.0 Å². The topological polar surface area (TPSA) is 74.8 Å². The standard InChI is InChI=1S/C20H28N2O4S/c1-4-15-5-7-16(8-6-15)20(24)22-10-9-21(19(23)11-14(2)3)17-12-27(25,26)13-18(17)22/h5-8,14,17-18H,4,9-13H2,1-3H3/t17-,18+/m0/s1. The summed E-state index contributed by atoms with van der Waals surface area (Å²) in [5.74, 6) is -0.0787. The predicted molar refractivity (Wildman–Crippen MR) is 104 cm³/mol. The van der Waals surface area contributed by atoms with E-state index >= 15 is 0 Å². The van der Waals surface area contributed by atoms with E-state index in [1.165, 1.54) is 0 Å². The summed E-state index contributed by atoms with van der Waals surface area (Å²) in [6.07, 6.45) is 1.30. The highest BCUT2D eigenvalue weighted by molar-refractivity contribution is 7.91. The van der Waals surface area contributed by atoms with Crippen molar-refractivity contribution in [1.29, 1.82) is 0 Å². The molecule has 2 aliphatic rings. The van der Waals surface area contributed by atoms with Crippen molar-refractivity contribution in [2.75, 3.05) is 24.6 Å². The van der Waals surface area contributed by atoms with Crippen molar-refractivity contribution in [1.82, 2.24) is 9.80 Å². The first kappa shape index (κ1) is 19.9. The smallest absolute Gasteiger partial charge is 0.254 e. The number of hydrogen-bond donors (Lipinski definition) is 0. The number of carbonyl (C=O) groups is 2. The molecule has 7 heteroatoms. The van der Waals surface area contributed by atoms with Gasteiger partial charge in [-0.3, -0.25) is 9.59 Å². The molecule has 2 fully saturated rings. The summed E-state index contributed by atoms with van der Waals surface area (Å²) in [7, 11) is -3.27. The van der Waals surface area contributed by atoms with Gasteiger partial charge in [0.05, 0.1) is 23.6 Å². The zero-order valence-corrected chi connectivity index (χ0v) is 17.0. The number of carbonyl (C=O) groups excluding carboxylic acids is 2. The zero-order chi connectivity index (χ0) is 19.8. The summed E-state index contributed by atoms with van der Waals surface area (Å²) in [4.78, 5) is 29.0. The molecule has 2 atom stereocenters. The Hall–Kier alpha value is -1.89. The molecule has 2 heterocycles. The van der Waals surface area contributed by atoms with Crippen LogP contribution in [0.15, 0.2) is 24.3 Å². The van der Waals surface area contributed by atoms with Crippen LogP contribution >= 0.6 is 0 Å². The van der Waals surface area contributed by atoms with E-state index < -0.39 is 21.9 Å². The summed E-state index contributed by atoms with van der Waals surface area (Å²) in [5.41, 5.74) is 1.72. The molecule has 2 amide bonds. The van der Waals surface area contributed by atoms with E-state index in [2.05, 4.69) is 6.92 Å². The molecule has 0 N–H and O–H groups in total. The Morgan fingerprint density at radius 2 is 1.59 bits per heavy atom. The van der Waals surface area contributed by atoms with Crippen LogP contribution in [0.2, 0.25) is 0 Å². The van der Waals surface area contributed by atoms with Gasteiger partial charge in [0.25, 0.3) is 5.91 Å². The lowest BCUT2D eigenvalue weighted by Gasteiger charge is -2.44. The summed E-state index contributed by atoms with van der Waals surface area (Å²) in [5, 5.41) is 0. The van der Waals surface area contributed by atoms with Crippen LogP contribution in [0.5, 0.6) is 0 Å². The highest BCUT2D eigenvalue weighted by Gasteiger charge is 2.49. The Morgan fingerprint density at radius 3 is 2.15 bits per heavy atom. The first-order valence-corrected chi connectivity index (χ1v) is 11.4. The van der Waals surface area contributed by atoms with Gasteiger partial charge in [-0.2, -0.15) is 0 Å². The summed E-state index contributed by atoms with van der Waals surface area (Å²) < 4.78 is 24.6.